The van der Waals surface area contributed by atoms with Gasteiger partial charge in [0.2, 0.25) is 0 Å². The van der Waals surface area contributed by atoms with Crippen molar-refractivity contribution in [1.29, 1.82) is 0 Å². The van der Waals surface area contributed by atoms with Crippen molar-refractivity contribution in [2.45, 2.75) is 71.5 Å². The molecule has 0 N–H and O–H groups in total. The van der Waals surface area contributed by atoms with Crippen LogP contribution >= 0.6 is 0 Å². The summed E-state index contributed by atoms with van der Waals surface area (Å²) < 4.78 is 11.1. The lowest BCUT2D eigenvalue weighted by Gasteiger charge is -2.19. The zero-order valence-electron chi connectivity index (χ0n) is 11.0. The van der Waals surface area contributed by atoms with Gasteiger partial charge in [-0.25, -0.2) is 0 Å². The number of rotatable bonds is 9. The number of hydrogen-bond donors (Lipinski definition) is 0. The average Bonchev–Trinajstić information content (AvgIpc) is 2.77. The molecule has 1 heterocycles. The van der Waals surface area contributed by atoms with Crippen molar-refractivity contribution in [3.63, 3.8) is 0 Å². The fourth-order valence-electron chi connectivity index (χ4n) is 2.46. The smallest absolute Gasteiger partial charge is 0.158 e. The molecule has 1 saturated heterocycles. The van der Waals surface area contributed by atoms with Crippen LogP contribution < -0.4 is 0 Å². The molecule has 0 saturated carbocycles. The summed E-state index contributed by atoms with van der Waals surface area (Å²) in [5.74, 6) is 0.810. The standard InChI is InChI=1S/C14H28O2/c1-3-5-6-7-9-13(8-4-2)12-14-15-10-11-16-14/h13-14H,3-12H2,1-2H3. The summed E-state index contributed by atoms with van der Waals surface area (Å²) >= 11 is 0. The van der Waals surface area contributed by atoms with Gasteiger partial charge in [-0.2, -0.15) is 0 Å². The molecule has 1 unspecified atom stereocenters. The predicted molar refractivity (Wildman–Crippen MR) is 67.5 cm³/mol. The molecule has 0 aromatic heterocycles. The molecule has 0 aliphatic carbocycles. The molecule has 1 atom stereocenters. The summed E-state index contributed by atoms with van der Waals surface area (Å²) in [6, 6.07) is 0. The minimum absolute atomic E-state index is 0.0997. The summed E-state index contributed by atoms with van der Waals surface area (Å²) in [4.78, 5) is 0. The normalized spacial score (nSPS) is 19.1. The largest absolute Gasteiger partial charge is 0.350 e. The third-order valence-corrected chi connectivity index (χ3v) is 3.38. The van der Waals surface area contributed by atoms with E-state index < -0.39 is 0 Å². The minimum Gasteiger partial charge on any atom is -0.350 e. The maximum atomic E-state index is 5.54. The Morgan fingerprint density at radius 2 is 1.69 bits per heavy atom. The molecule has 0 aromatic rings. The third-order valence-electron chi connectivity index (χ3n) is 3.38. The fourth-order valence-corrected chi connectivity index (χ4v) is 2.46. The maximum Gasteiger partial charge on any atom is 0.158 e. The van der Waals surface area contributed by atoms with E-state index in [0.717, 1.165) is 25.6 Å². The molecule has 0 spiro atoms. The highest BCUT2D eigenvalue weighted by atomic mass is 16.7. The van der Waals surface area contributed by atoms with Crippen LogP contribution in [0.2, 0.25) is 0 Å². The molecule has 0 amide bonds. The molecular formula is C14H28O2. The van der Waals surface area contributed by atoms with Crippen molar-refractivity contribution >= 4 is 0 Å². The molecule has 1 fully saturated rings. The lowest BCUT2D eigenvalue weighted by molar-refractivity contribution is -0.0584. The van der Waals surface area contributed by atoms with E-state index in [9.17, 15) is 0 Å². The van der Waals surface area contributed by atoms with Gasteiger partial charge in [-0.15, -0.1) is 0 Å². The van der Waals surface area contributed by atoms with Crippen LogP contribution in [0.4, 0.5) is 0 Å². The Hall–Kier alpha value is -0.0800. The predicted octanol–water partition coefficient (Wildman–Crippen LogP) is 4.14. The molecule has 2 nitrogen and oxygen atoms in total. The minimum atomic E-state index is 0.0997. The number of hydrogen-bond acceptors (Lipinski definition) is 2. The van der Waals surface area contributed by atoms with Crippen molar-refractivity contribution in [3.05, 3.63) is 0 Å². The van der Waals surface area contributed by atoms with Gasteiger partial charge >= 0.3 is 0 Å². The van der Waals surface area contributed by atoms with Gasteiger partial charge < -0.3 is 9.47 Å². The Kier molecular flexibility index (Phi) is 7.87. The Labute approximate surface area is 101 Å². The van der Waals surface area contributed by atoms with Crippen LogP contribution in [0.5, 0.6) is 0 Å². The van der Waals surface area contributed by atoms with E-state index in [0.29, 0.717) is 0 Å². The summed E-state index contributed by atoms with van der Waals surface area (Å²) in [6.45, 7) is 6.12. The lowest BCUT2D eigenvalue weighted by atomic mass is 9.93. The van der Waals surface area contributed by atoms with Gasteiger partial charge in [0.15, 0.2) is 6.29 Å². The van der Waals surface area contributed by atoms with Crippen molar-refractivity contribution < 1.29 is 9.47 Å². The average molecular weight is 228 g/mol. The van der Waals surface area contributed by atoms with E-state index in [1.54, 1.807) is 0 Å². The van der Waals surface area contributed by atoms with Crippen LogP contribution in [-0.4, -0.2) is 19.5 Å². The van der Waals surface area contributed by atoms with Crippen LogP contribution in [0.1, 0.15) is 65.2 Å². The summed E-state index contributed by atoms with van der Waals surface area (Å²) in [7, 11) is 0. The number of ether oxygens (including phenoxy) is 2. The van der Waals surface area contributed by atoms with Gasteiger partial charge in [-0.3, -0.25) is 0 Å². The number of unbranched alkanes of at least 4 members (excludes halogenated alkanes) is 3. The summed E-state index contributed by atoms with van der Waals surface area (Å²) in [5, 5.41) is 0. The van der Waals surface area contributed by atoms with Crippen LogP contribution in [-0.2, 0) is 9.47 Å². The first-order valence-electron chi connectivity index (χ1n) is 7.10. The van der Waals surface area contributed by atoms with Gasteiger partial charge in [-0.05, 0) is 5.92 Å². The molecule has 16 heavy (non-hydrogen) atoms. The monoisotopic (exact) mass is 228 g/mol. The highest BCUT2D eigenvalue weighted by molar-refractivity contribution is 4.64. The van der Waals surface area contributed by atoms with Gasteiger partial charge in [0.25, 0.3) is 0 Å². The molecule has 0 radical (unpaired) electrons. The van der Waals surface area contributed by atoms with Crippen molar-refractivity contribution in [2.75, 3.05) is 13.2 Å². The Bertz CT molecular complexity index is 153. The Morgan fingerprint density at radius 3 is 2.31 bits per heavy atom. The molecule has 0 bridgehead atoms. The lowest BCUT2D eigenvalue weighted by Crippen LogP contribution is -2.14. The van der Waals surface area contributed by atoms with Crippen LogP contribution in [0.25, 0.3) is 0 Å². The fraction of sp³-hybridized carbons (Fsp3) is 1.00. The highest BCUT2D eigenvalue weighted by Crippen LogP contribution is 2.24. The van der Waals surface area contributed by atoms with Gasteiger partial charge in [0.1, 0.15) is 0 Å². The van der Waals surface area contributed by atoms with Crippen molar-refractivity contribution in [2.24, 2.45) is 5.92 Å². The van der Waals surface area contributed by atoms with E-state index >= 15 is 0 Å². The molecular weight excluding hydrogens is 200 g/mol. The second kappa shape index (κ2) is 9.00. The molecule has 1 rings (SSSR count). The second-order valence-electron chi connectivity index (χ2n) is 4.91. The molecule has 1 aliphatic rings. The van der Waals surface area contributed by atoms with Gasteiger partial charge in [-0.1, -0.05) is 58.8 Å². The molecule has 0 aromatic carbocycles. The first-order valence-corrected chi connectivity index (χ1v) is 7.10. The summed E-state index contributed by atoms with van der Waals surface area (Å²) in [6.07, 6.45) is 10.7. The molecule has 2 heteroatoms. The van der Waals surface area contributed by atoms with Gasteiger partial charge in [0.05, 0.1) is 13.2 Å². The topological polar surface area (TPSA) is 18.5 Å². The van der Waals surface area contributed by atoms with E-state index in [2.05, 4.69) is 13.8 Å². The molecule has 96 valence electrons. The van der Waals surface area contributed by atoms with Crippen LogP contribution in [0, 0.1) is 5.92 Å². The maximum absolute atomic E-state index is 5.54. The highest BCUT2D eigenvalue weighted by Gasteiger charge is 2.20. The first-order chi connectivity index (χ1) is 7.86. The first kappa shape index (κ1) is 14.0. The Balaban J connectivity index is 2.12. The van der Waals surface area contributed by atoms with Crippen molar-refractivity contribution in [3.8, 4) is 0 Å². The van der Waals surface area contributed by atoms with E-state index in [1.165, 1.54) is 44.9 Å². The van der Waals surface area contributed by atoms with Crippen LogP contribution in [0.15, 0.2) is 0 Å². The zero-order chi connectivity index (χ0) is 11.6. The SMILES string of the molecule is CCCCCCC(CCC)CC1OCCO1. The Morgan fingerprint density at radius 1 is 0.938 bits per heavy atom. The second-order valence-corrected chi connectivity index (χ2v) is 4.91. The summed E-state index contributed by atoms with van der Waals surface area (Å²) in [5.41, 5.74) is 0. The van der Waals surface area contributed by atoms with E-state index in [-0.39, 0.29) is 6.29 Å². The molecule has 1 aliphatic heterocycles. The zero-order valence-corrected chi connectivity index (χ0v) is 11.0. The van der Waals surface area contributed by atoms with E-state index in [1.807, 2.05) is 0 Å². The van der Waals surface area contributed by atoms with Crippen molar-refractivity contribution in [1.82, 2.24) is 0 Å². The quantitative estimate of drug-likeness (QED) is 0.552. The van der Waals surface area contributed by atoms with Gasteiger partial charge in [0, 0.05) is 6.42 Å². The van der Waals surface area contributed by atoms with E-state index in [4.69, 9.17) is 9.47 Å². The third kappa shape index (κ3) is 5.86. The van der Waals surface area contributed by atoms with Crippen LogP contribution in [0.3, 0.4) is 0 Å².